The smallest absolute Gasteiger partial charge is 0.264 e. The highest BCUT2D eigenvalue weighted by molar-refractivity contribution is 7.81. The van der Waals surface area contributed by atoms with Gasteiger partial charge in [0.1, 0.15) is 0 Å². The average Bonchev–Trinajstić information content (AvgIpc) is 2.52. The molecule has 8 nitrogen and oxygen atoms in total. The van der Waals surface area contributed by atoms with E-state index in [2.05, 4.69) is 74.2 Å². The topological polar surface area (TPSA) is 127 Å². The normalized spacial score (nSPS) is 8.09. The first-order valence-electron chi connectivity index (χ1n) is 4.94. The van der Waals surface area contributed by atoms with Gasteiger partial charge in [0.15, 0.2) is 0 Å². The van der Waals surface area contributed by atoms with Crippen molar-refractivity contribution in [2.45, 2.75) is 0 Å². The van der Waals surface area contributed by atoms with Crippen LogP contribution in [-0.4, -0.2) is 39.2 Å². The quantitative estimate of drug-likeness (QED) is 0.434. The molecule has 0 unspecified atom stereocenters. The summed E-state index contributed by atoms with van der Waals surface area (Å²) in [7, 11) is -9.20. The summed E-state index contributed by atoms with van der Waals surface area (Å²) < 4.78 is 62.4. The molecule has 2 N–H and O–H groups in total. The van der Waals surface area contributed by atoms with E-state index < -0.39 is 34.0 Å². The molecule has 0 saturated carbocycles. The summed E-state index contributed by atoms with van der Waals surface area (Å²) in [6.07, 6.45) is 0. The van der Waals surface area contributed by atoms with Crippen molar-refractivity contribution in [3.05, 3.63) is 65.8 Å². The molecule has 10 heteroatoms. The lowest BCUT2D eigenvalue weighted by atomic mass is 10.8. The summed E-state index contributed by atoms with van der Waals surface area (Å²) in [4.78, 5) is 0. The highest BCUT2D eigenvalue weighted by Gasteiger charge is 2.07. The van der Waals surface area contributed by atoms with Crippen molar-refractivity contribution in [1.82, 2.24) is 0 Å². The molecule has 0 aliphatic heterocycles. The largest absolute Gasteiger partial charge is 0.397 e. The lowest BCUT2D eigenvalue weighted by molar-refractivity contribution is 0.190. The maximum Gasteiger partial charge on any atom is 0.397 e. The van der Waals surface area contributed by atoms with E-state index in [4.69, 9.17) is 9.11 Å². The standard InChI is InChI=1S/C2H6O8S2.5C2H4/c3-11(4,5)9-1-2-10-12(6,7)8;5*1-2/h1-2H2,(H,3,4,5)(H,6,7,8);5*1-2H2. The van der Waals surface area contributed by atoms with Gasteiger partial charge < -0.3 is 0 Å². The van der Waals surface area contributed by atoms with Gasteiger partial charge in [-0.25, -0.2) is 8.37 Å². The van der Waals surface area contributed by atoms with E-state index in [0.717, 1.165) is 0 Å². The zero-order chi connectivity index (χ0) is 19.8. The Bertz CT molecular complexity index is 344. The first kappa shape index (κ1) is 37.0. The van der Waals surface area contributed by atoms with Crippen LogP contribution in [0.15, 0.2) is 65.8 Å². The number of hydrogen-bond donors (Lipinski definition) is 2. The van der Waals surface area contributed by atoms with E-state index in [9.17, 15) is 16.8 Å². The van der Waals surface area contributed by atoms with E-state index in [0.29, 0.717) is 0 Å². The van der Waals surface area contributed by atoms with E-state index in [1.807, 2.05) is 0 Å². The highest BCUT2D eigenvalue weighted by Crippen LogP contribution is 1.89. The Kier molecular flexibility index (Phi) is 53.4. The molecule has 0 amide bonds. The van der Waals surface area contributed by atoms with Crippen LogP contribution in [0.2, 0.25) is 0 Å². The maximum atomic E-state index is 9.82. The van der Waals surface area contributed by atoms with E-state index in [1.165, 1.54) is 0 Å². The second kappa shape index (κ2) is 31.7. The minimum Gasteiger partial charge on any atom is -0.264 e. The van der Waals surface area contributed by atoms with Gasteiger partial charge in [0.05, 0.1) is 13.2 Å². The molecule has 22 heavy (non-hydrogen) atoms. The van der Waals surface area contributed by atoms with Crippen LogP contribution < -0.4 is 0 Å². The third kappa shape index (κ3) is 101. The van der Waals surface area contributed by atoms with Crippen molar-refractivity contribution in [2.24, 2.45) is 0 Å². The van der Waals surface area contributed by atoms with Crippen molar-refractivity contribution < 1.29 is 34.3 Å². The molecule has 0 aliphatic rings. The van der Waals surface area contributed by atoms with Gasteiger partial charge >= 0.3 is 20.8 Å². The van der Waals surface area contributed by atoms with Gasteiger partial charge in [-0.1, -0.05) is 0 Å². The fourth-order valence-electron chi connectivity index (χ4n) is 0.279. The predicted molar refractivity (Wildman–Crippen MR) is 91.3 cm³/mol. The molecule has 0 saturated heterocycles. The first-order chi connectivity index (χ1) is 10.2. The van der Waals surface area contributed by atoms with Gasteiger partial charge in [-0.3, -0.25) is 9.11 Å². The van der Waals surface area contributed by atoms with E-state index in [1.54, 1.807) is 0 Å². The van der Waals surface area contributed by atoms with Gasteiger partial charge in [0.2, 0.25) is 0 Å². The van der Waals surface area contributed by atoms with Gasteiger partial charge in [-0.05, 0) is 0 Å². The fraction of sp³-hybridized carbons (Fsp3) is 0.167. The molecular formula is C12H26O8S2. The molecule has 0 aromatic heterocycles. The molecule has 0 heterocycles. The van der Waals surface area contributed by atoms with Crippen LogP contribution >= 0.6 is 0 Å². The zero-order valence-corrected chi connectivity index (χ0v) is 14.3. The Morgan fingerprint density at radius 1 is 0.545 bits per heavy atom. The molecule has 0 atom stereocenters. The van der Waals surface area contributed by atoms with Crippen LogP contribution in [0.4, 0.5) is 0 Å². The van der Waals surface area contributed by atoms with E-state index >= 15 is 0 Å². The molecule has 0 fully saturated rings. The Hall–Kier alpha value is -1.56. The van der Waals surface area contributed by atoms with Crippen LogP contribution in [0.1, 0.15) is 0 Å². The van der Waals surface area contributed by atoms with Crippen LogP contribution in [0.5, 0.6) is 0 Å². The number of rotatable bonds is 5. The Balaban J connectivity index is -0.0000000540. The first-order valence-corrected chi connectivity index (χ1v) is 7.67. The second-order valence-electron chi connectivity index (χ2n) is 1.50. The third-order valence-corrected chi connectivity index (χ3v) is 1.48. The van der Waals surface area contributed by atoms with Gasteiger partial charge in [-0.2, -0.15) is 16.8 Å². The van der Waals surface area contributed by atoms with Crippen molar-refractivity contribution in [3.63, 3.8) is 0 Å². The molecule has 0 rings (SSSR count). The van der Waals surface area contributed by atoms with Crippen molar-refractivity contribution in [2.75, 3.05) is 13.2 Å². The second-order valence-corrected chi connectivity index (χ2v) is 3.68. The highest BCUT2D eigenvalue weighted by atomic mass is 32.3. The summed E-state index contributed by atoms with van der Waals surface area (Å²) in [6, 6.07) is 0. The van der Waals surface area contributed by atoms with Crippen LogP contribution in [0.25, 0.3) is 0 Å². The van der Waals surface area contributed by atoms with Crippen LogP contribution in [0, 0.1) is 0 Å². The van der Waals surface area contributed by atoms with Gasteiger partial charge in [0.25, 0.3) is 0 Å². The summed E-state index contributed by atoms with van der Waals surface area (Å²) in [5.41, 5.74) is 0. The molecular weight excluding hydrogens is 336 g/mol. The molecule has 0 aliphatic carbocycles. The summed E-state index contributed by atoms with van der Waals surface area (Å²) in [5.74, 6) is 0. The third-order valence-electron chi connectivity index (χ3n) is 0.548. The fourth-order valence-corrected chi connectivity index (χ4v) is 0.836. The van der Waals surface area contributed by atoms with E-state index in [-0.39, 0.29) is 0 Å². The minimum absolute atomic E-state index is 0.710. The van der Waals surface area contributed by atoms with Crippen molar-refractivity contribution in [3.8, 4) is 0 Å². The SMILES string of the molecule is C=C.C=C.C=C.C=C.C=C.O=S(=O)(O)OCCOS(=O)(=O)O. The predicted octanol–water partition coefficient (Wildman–Crippen LogP) is 2.64. The molecule has 134 valence electrons. The average molecular weight is 362 g/mol. The van der Waals surface area contributed by atoms with Gasteiger partial charge in [0, 0.05) is 0 Å². The molecule has 0 spiro atoms. The zero-order valence-electron chi connectivity index (χ0n) is 12.6. The molecule has 0 aromatic carbocycles. The minimum atomic E-state index is -4.60. The van der Waals surface area contributed by atoms with Crippen LogP contribution in [-0.2, 0) is 29.2 Å². The van der Waals surface area contributed by atoms with Gasteiger partial charge in [-0.15, -0.1) is 65.8 Å². The van der Waals surface area contributed by atoms with Crippen molar-refractivity contribution in [1.29, 1.82) is 0 Å². The summed E-state index contributed by atoms with van der Waals surface area (Å²) in [5, 5.41) is 0. The van der Waals surface area contributed by atoms with Crippen LogP contribution in [0.3, 0.4) is 0 Å². The number of hydrogen-bond acceptors (Lipinski definition) is 6. The maximum absolute atomic E-state index is 9.82. The monoisotopic (exact) mass is 362 g/mol. The Morgan fingerprint density at radius 3 is 0.773 bits per heavy atom. The summed E-state index contributed by atoms with van der Waals surface area (Å²) >= 11 is 0. The summed E-state index contributed by atoms with van der Waals surface area (Å²) in [6.45, 7) is 28.6. The lowest BCUT2D eigenvalue weighted by Crippen LogP contribution is -2.13. The molecule has 0 aromatic rings. The molecule has 0 bridgehead atoms. The molecule has 0 radical (unpaired) electrons. The Labute approximate surface area is 134 Å². The van der Waals surface area contributed by atoms with Crippen molar-refractivity contribution >= 4 is 20.8 Å². The Morgan fingerprint density at radius 2 is 0.682 bits per heavy atom. The lowest BCUT2D eigenvalue weighted by Gasteiger charge is -1.98.